The maximum atomic E-state index is 11.6. The molecule has 0 aliphatic carbocycles. The van der Waals surface area contributed by atoms with Gasteiger partial charge in [0, 0.05) is 10.6 Å². The smallest absolute Gasteiger partial charge is 0.309 e. The highest BCUT2D eigenvalue weighted by Crippen LogP contribution is 2.25. The molecule has 0 radical (unpaired) electrons. The lowest BCUT2D eigenvalue weighted by atomic mass is 10.1. The summed E-state index contributed by atoms with van der Waals surface area (Å²) in [6, 6.07) is 10.2. The van der Waals surface area contributed by atoms with Gasteiger partial charge in [-0.3, -0.25) is 4.79 Å². The first kappa shape index (κ1) is 11.5. The lowest BCUT2D eigenvalue weighted by Gasteiger charge is -2.11. The Labute approximate surface area is 100 Å². The van der Waals surface area contributed by atoms with Crippen molar-refractivity contribution in [3.05, 3.63) is 30.3 Å². The number of ether oxygens (including phenoxy) is 1. The van der Waals surface area contributed by atoms with Crippen LogP contribution in [0.2, 0.25) is 0 Å². The summed E-state index contributed by atoms with van der Waals surface area (Å²) in [6.07, 6.45) is 3.09. The topological polar surface area (TPSA) is 26.3 Å². The fourth-order valence-corrected chi connectivity index (χ4v) is 2.81. The summed E-state index contributed by atoms with van der Waals surface area (Å²) in [6.45, 7) is 0.603. The third kappa shape index (κ3) is 3.27. The van der Waals surface area contributed by atoms with Crippen LogP contribution in [0.3, 0.4) is 0 Å². The molecule has 1 fully saturated rings. The summed E-state index contributed by atoms with van der Waals surface area (Å²) in [5, 5.41) is 0. The van der Waals surface area contributed by atoms with Gasteiger partial charge >= 0.3 is 5.97 Å². The van der Waals surface area contributed by atoms with E-state index in [0.29, 0.717) is 6.61 Å². The number of carbonyl (C=O) groups excluding carboxylic acids is 1. The maximum Gasteiger partial charge on any atom is 0.309 e. The molecule has 1 saturated heterocycles. The van der Waals surface area contributed by atoms with Crippen molar-refractivity contribution >= 4 is 17.7 Å². The van der Waals surface area contributed by atoms with E-state index in [1.54, 1.807) is 11.8 Å². The average Bonchev–Trinajstić information content (AvgIpc) is 2.53. The van der Waals surface area contributed by atoms with Gasteiger partial charge in [0.15, 0.2) is 0 Å². The monoisotopic (exact) mass is 236 g/mol. The number of thioether (sulfide) groups is 1. The van der Waals surface area contributed by atoms with Crippen LogP contribution in [0.4, 0.5) is 0 Å². The van der Waals surface area contributed by atoms with Gasteiger partial charge in [-0.15, -0.1) is 11.8 Å². The van der Waals surface area contributed by atoms with E-state index >= 15 is 0 Å². The Morgan fingerprint density at radius 3 is 2.88 bits per heavy atom. The molecule has 1 aliphatic rings. The van der Waals surface area contributed by atoms with Gasteiger partial charge in [0.25, 0.3) is 0 Å². The molecule has 0 amide bonds. The van der Waals surface area contributed by atoms with Crippen molar-refractivity contribution in [1.29, 1.82) is 0 Å². The second-order valence-electron chi connectivity index (χ2n) is 3.98. The van der Waals surface area contributed by atoms with Gasteiger partial charge in [-0.1, -0.05) is 18.2 Å². The van der Waals surface area contributed by atoms with E-state index in [0.717, 1.165) is 25.0 Å². The van der Waals surface area contributed by atoms with Crippen molar-refractivity contribution in [2.24, 2.45) is 5.92 Å². The van der Waals surface area contributed by atoms with E-state index in [1.807, 2.05) is 18.2 Å². The molecular formula is C13H16O2S. The predicted octanol–water partition coefficient (Wildman–Crippen LogP) is 3.12. The molecule has 2 rings (SSSR count). The standard InChI is InChI=1S/C13H16O2S/c14-13-11(6-4-5-9-15-13)10-16-12-7-2-1-3-8-12/h1-3,7-8,11H,4-6,9-10H2. The molecule has 1 aromatic rings. The molecule has 1 atom stereocenters. The quantitative estimate of drug-likeness (QED) is 0.596. The van der Waals surface area contributed by atoms with Crippen LogP contribution in [-0.2, 0) is 9.53 Å². The summed E-state index contributed by atoms with van der Waals surface area (Å²) in [7, 11) is 0. The molecule has 86 valence electrons. The minimum atomic E-state index is -0.0130. The minimum Gasteiger partial charge on any atom is -0.465 e. The molecule has 0 saturated carbocycles. The second kappa shape index (κ2) is 5.94. The molecule has 0 N–H and O–H groups in total. The SMILES string of the molecule is O=C1OCCCCC1CSc1ccccc1. The summed E-state index contributed by atoms with van der Waals surface area (Å²) in [5.74, 6) is 0.900. The van der Waals surface area contributed by atoms with Gasteiger partial charge < -0.3 is 4.74 Å². The first-order valence-electron chi connectivity index (χ1n) is 5.71. The summed E-state index contributed by atoms with van der Waals surface area (Å²) in [4.78, 5) is 12.8. The number of hydrogen-bond acceptors (Lipinski definition) is 3. The van der Waals surface area contributed by atoms with Gasteiger partial charge in [-0.2, -0.15) is 0 Å². The molecular weight excluding hydrogens is 220 g/mol. The van der Waals surface area contributed by atoms with Crippen molar-refractivity contribution in [1.82, 2.24) is 0 Å². The zero-order chi connectivity index (χ0) is 11.2. The zero-order valence-electron chi connectivity index (χ0n) is 9.22. The molecule has 2 nitrogen and oxygen atoms in total. The van der Waals surface area contributed by atoms with E-state index in [2.05, 4.69) is 12.1 Å². The molecule has 16 heavy (non-hydrogen) atoms. The fraction of sp³-hybridized carbons (Fsp3) is 0.462. The van der Waals surface area contributed by atoms with Crippen LogP contribution in [0, 0.1) is 5.92 Å². The van der Waals surface area contributed by atoms with E-state index in [-0.39, 0.29) is 11.9 Å². The number of cyclic esters (lactones) is 1. The van der Waals surface area contributed by atoms with E-state index in [1.165, 1.54) is 4.90 Å². The molecule has 1 unspecified atom stereocenters. The molecule has 0 spiro atoms. The first-order chi connectivity index (χ1) is 7.86. The van der Waals surface area contributed by atoms with Crippen LogP contribution in [-0.4, -0.2) is 18.3 Å². The third-order valence-electron chi connectivity index (χ3n) is 2.72. The van der Waals surface area contributed by atoms with Gasteiger partial charge in [0.2, 0.25) is 0 Å². The van der Waals surface area contributed by atoms with Crippen molar-refractivity contribution in [2.45, 2.75) is 24.2 Å². The molecule has 3 heteroatoms. The lowest BCUT2D eigenvalue weighted by molar-refractivity contribution is -0.146. The summed E-state index contributed by atoms with van der Waals surface area (Å²) >= 11 is 1.74. The van der Waals surface area contributed by atoms with Crippen LogP contribution in [0.15, 0.2) is 35.2 Å². The van der Waals surface area contributed by atoms with Crippen LogP contribution in [0.25, 0.3) is 0 Å². The van der Waals surface area contributed by atoms with E-state index in [4.69, 9.17) is 4.74 Å². The molecule has 1 aromatic carbocycles. The first-order valence-corrected chi connectivity index (χ1v) is 6.69. The van der Waals surface area contributed by atoms with Gasteiger partial charge in [-0.25, -0.2) is 0 Å². The molecule has 1 heterocycles. The third-order valence-corrected chi connectivity index (χ3v) is 3.89. The van der Waals surface area contributed by atoms with Gasteiger partial charge in [0.1, 0.15) is 0 Å². The van der Waals surface area contributed by atoms with Crippen molar-refractivity contribution in [3.8, 4) is 0 Å². The number of carbonyl (C=O) groups is 1. The zero-order valence-corrected chi connectivity index (χ0v) is 10.0. The normalized spacial score (nSPS) is 21.2. The molecule has 0 bridgehead atoms. The van der Waals surface area contributed by atoms with E-state index < -0.39 is 0 Å². The van der Waals surface area contributed by atoms with Crippen LogP contribution in [0.1, 0.15) is 19.3 Å². The Balaban J connectivity index is 1.86. The Morgan fingerprint density at radius 1 is 1.25 bits per heavy atom. The number of esters is 1. The van der Waals surface area contributed by atoms with Gasteiger partial charge in [-0.05, 0) is 31.4 Å². The lowest BCUT2D eigenvalue weighted by Crippen LogP contribution is -2.17. The van der Waals surface area contributed by atoms with Crippen molar-refractivity contribution in [2.75, 3.05) is 12.4 Å². The van der Waals surface area contributed by atoms with Crippen molar-refractivity contribution in [3.63, 3.8) is 0 Å². The molecule has 0 aromatic heterocycles. The Hall–Kier alpha value is -0.960. The number of rotatable bonds is 3. The van der Waals surface area contributed by atoms with E-state index in [9.17, 15) is 4.79 Å². The highest BCUT2D eigenvalue weighted by atomic mass is 32.2. The Kier molecular flexibility index (Phi) is 4.28. The Bertz CT molecular complexity index is 337. The summed E-state index contributed by atoms with van der Waals surface area (Å²) in [5.41, 5.74) is 0. The Morgan fingerprint density at radius 2 is 2.06 bits per heavy atom. The van der Waals surface area contributed by atoms with Crippen LogP contribution in [0.5, 0.6) is 0 Å². The minimum absolute atomic E-state index is 0.0130. The summed E-state index contributed by atoms with van der Waals surface area (Å²) < 4.78 is 5.15. The number of hydrogen-bond donors (Lipinski definition) is 0. The second-order valence-corrected chi connectivity index (χ2v) is 5.08. The average molecular weight is 236 g/mol. The number of benzene rings is 1. The highest BCUT2D eigenvalue weighted by Gasteiger charge is 2.22. The highest BCUT2D eigenvalue weighted by molar-refractivity contribution is 7.99. The predicted molar refractivity (Wildman–Crippen MR) is 65.5 cm³/mol. The van der Waals surface area contributed by atoms with Crippen LogP contribution >= 0.6 is 11.8 Å². The van der Waals surface area contributed by atoms with Gasteiger partial charge in [0.05, 0.1) is 12.5 Å². The maximum absolute atomic E-state index is 11.6. The fourth-order valence-electron chi connectivity index (χ4n) is 1.77. The van der Waals surface area contributed by atoms with Crippen molar-refractivity contribution < 1.29 is 9.53 Å². The molecule has 1 aliphatic heterocycles. The van der Waals surface area contributed by atoms with Crippen LogP contribution < -0.4 is 0 Å². The largest absolute Gasteiger partial charge is 0.465 e.